The van der Waals surface area contributed by atoms with E-state index in [1.54, 1.807) is 0 Å². The summed E-state index contributed by atoms with van der Waals surface area (Å²) in [5.41, 5.74) is 1.19. The second kappa shape index (κ2) is 4.37. The van der Waals surface area contributed by atoms with Crippen LogP contribution in [0.1, 0.15) is 32.6 Å². The fourth-order valence-electron chi connectivity index (χ4n) is 1.04. The Hall–Kier alpha value is 0.540. The molecule has 0 bridgehead atoms. The van der Waals surface area contributed by atoms with E-state index >= 15 is 0 Å². The largest absolute Gasteiger partial charge is 1.00 e. The normalized spacial score (nSPS) is 19.2. The summed E-state index contributed by atoms with van der Waals surface area (Å²) in [5, 5.41) is 9.06. The van der Waals surface area contributed by atoms with Gasteiger partial charge in [0.2, 0.25) is 0 Å². The van der Waals surface area contributed by atoms with Gasteiger partial charge < -0.3 is 5.11 Å². The van der Waals surface area contributed by atoms with Crippen molar-refractivity contribution in [3.05, 3.63) is 11.3 Å². The van der Waals surface area contributed by atoms with E-state index in [4.69, 9.17) is 5.11 Å². The van der Waals surface area contributed by atoms with E-state index in [2.05, 4.69) is 0 Å². The number of allylic oxidation sites excluding steroid dienone is 2. The summed E-state index contributed by atoms with van der Waals surface area (Å²) >= 11 is 0. The zero-order valence-corrected chi connectivity index (χ0v) is 8.28. The average molecular weight is 135 g/mol. The van der Waals surface area contributed by atoms with Gasteiger partial charge in [0.15, 0.2) is 0 Å². The molecular formula is C7H12NaO+. The predicted molar refractivity (Wildman–Crippen MR) is 33.8 cm³/mol. The third kappa shape index (κ3) is 2.74. The van der Waals surface area contributed by atoms with Crippen LogP contribution >= 0.6 is 0 Å². The molecule has 9 heavy (non-hydrogen) atoms. The molecule has 46 valence electrons. The molecule has 1 rings (SSSR count). The maximum Gasteiger partial charge on any atom is 1.00 e. The van der Waals surface area contributed by atoms with Gasteiger partial charge in [0.1, 0.15) is 0 Å². The first kappa shape index (κ1) is 9.54. The molecule has 0 saturated carbocycles. The van der Waals surface area contributed by atoms with Gasteiger partial charge in [-0.25, -0.2) is 0 Å². The molecule has 0 saturated heterocycles. The van der Waals surface area contributed by atoms with Crippen molar-refractivity contribution in [3.63, 3.8) is 0 Å². The van der Waals surface area contributed by atoms with Crippen LogP contribution in [0.5, 0.6) is 0 Å². The quantitative estimate of drug-likeness (QED) is 0.440. The van der Waals surface area contributed by atoms with E-state index in [1.165, 1.54) is 18.4 Å². The van der Waals surface area contributed by atoms with E-state index in [0.29, 0.717) is 5.76 Å². The molecule has 0 unspecified atom stereocenters. The molecule has 0 amide bonds. The van der Waals surface area contributed by atoms with Crippen LogP contribution in [0, 0.1) is 0 Å². The number of rotatable bonds is 0. The monoisotopic (exact) mass is 135 g/mol. The molecule has 1 nitrogen and oxygen atoms in total. The molecule has 0 radical (unpaired) electrons. The van der Waals surface area contributed by atoms with E-state index in [-0.39, 0.29) is 29.6 Å². The van der Waals surface area contributed by atoms with Gasteiger partial charge in [-0.05, 0) is 31.8 Å². The topological polar surface area (TPSA) is 20.2 Å². The molecular weight excluding hydrogens is 123 g/mol. The Labute approximate surface area is 78.4 Å². The van der Waals surface area contributed by atoms with Crippen molar-refractivity contribution in [1.29, 1.82) is 0 Å². The molecule has 0 heterocycles. The molecule has 0 aromatic carbocycles. The summed E-state index contributed by atoms with van der Waals surface area (Å²) < 4.78 is 0. The molecule has 0 aromatic rings. The maximum atomic E-state index is 9.06. The van der Waals surface area contributed by atoms with Gasteiger partial charge in [0, 0.05) is 6.42 Å². The van der Waals surface area contributed by atoms with Crippen molar-refractivity contribution in [2.45, 2.75) is 32.6 Å². The Morgan fingerprint density at radius 2 is 1.78 bits per heavy atom. The number of aliphatic hydroxyl groups excluding tert-OH is 1. The first-order valence-corrected chi connectivity index (χ1v) is 3.18. The molecule has 0 aromatic heterocycles. The molecule has 1 N–H and O–H groups in total. The molecule has 1 aliphatic carbocycles. The van der Waals surface area contributed by atoms with Crippen molar-refractivity contribution in [2.24, 2.45) is 0 Å². The van der Waals surface area contributed by atoms with Gasteiger partial charge in [-0.2, -0.15) is 0 Å². The van der Waals surface area contributed by atoms with Crippen LogP contribution in [0.3, 0.4) is 0 Å². The second-order valence-electron chi connectivity index (χ2n) is 2.43. The Morgan fingerprint density at radius 1 is 1.22 bits per heavy atom. The van der Waals surface area contributed by atoms with Gasteiger partial charge in [0.25, 0.3) is 0 Å². The van der Waals surface area contributed by atoms with Crippen molar-refractivity contribution in [3.8, 4) is 0 Å². The van der Waals surface area contributed by atoms with Gasteiger partial charge >= 0.3 is 29.6 Å². The minimum absolute atomic E-state index is 0. The van der Waals surface area contributed by atoms with Crippen LogP contribution in [0.4, 0.5) is 0 Å². The zero-order chi connectivity index (χ0) is 5.98. The molecule has 0 atom stereocenters. The first-order valence-electron chi connectivity index (χ1n) is 3.18. The summed E-state index contributed by atoms with van der Waals surface area (Å²) in [6.45, 7) is 2.01. The molecule has 0 aliphatic heterocycles. The summed E-state index contributed by atoms with van der Waals surface area (Å²) in [7, 11) is 0. The Morgan fingerprint density at radius 3 is 2.11 bits per heavy atom. The molecule has 0 spiro atoms. The predicted octanol–water partition coefficient (Wildman–Crippen LogP) is -0.604. The Kier molecular flexibility index (Phi) is 4.63. The summed E-state index contributed by atoms with van der Waals surface area (Å²) in [5.74, 6) is 0.635. The zero-order valence-electron chi connectivity index (χ0n) is 6.28. The van der Waals surface area contributed by atoms with Crippen LogP contribution in [-0.2, 0) is 0 Å². The van der Waals surface area contributed by atoms with Crippen LogP contribution in [0.15, 0.2) is 11.3 Å². The van der Waals surface area contributed by atoms with Gasteiger partial charge in [-0.1, -0.05) is 0 Å². The molecule has 1 aliphatic rings. The average Bonchev–Trinajstić information content (AvgIpc) is 1.77. The van der Waals surface area contributed by atoms with Crippen molar-refractivity contribution in [1.82, 2.24) is 0 Å². The minimum atomic E-state index is 0. The van der Waals surface area contributed by atoms with Crippen molar-refractivity contribution < 1.29 is 34.7 Å². The number of aliphatic hydroxyl groups is 1. The van der Waals surface area contributed by atoms with E-state index in [9.17, 15) is 0 Å². The van der Waals surface area contributed by atoms with Gasteiger partial charge in [0.05, 0.1) is 5.76 Å². The van der Waals surface area contributed by atoms with Gasteiger partial charge in [-0.15, -0.1) is 0 Å². The third-order valence-electron chi connectivity index (χ3n) is 1.71. The SMILES string of the molecule is CC1=C(O)CCCC1.[Na+]. The maximum absolute atomic E-state index is 9.06. The minimum Gasteiger partial charge on any atom is -0.512 e. The summed E-state index contributed by atoms with van der Waals surface area (Å²) in [6.07, 6.45) is 4.44. The molecule has 0 fully saturated rings. The second-order valence-corrected chi connectivity index (χ2v) is 2.43. The van der Waals surface area contributed by atoms with E-state index < -0.39 is 0 Å². The number of hydrogen-bond acceptors (Lipinski definition) is 1. The van der Waals surface area contributed by atoms with E-state index in [1.807, 2.05) is 6.92 Å². The Balaban J connectivity index is 0.000000640. The summed E-state index contributed by atoms with van der Waals surface area (Å²) in [6, 6.07) is 0. The fourth-order valence-corrected chi connectivity index (χ4v) is 1.04. The first-order chi connectivity index (χ1) is 3.80. The van der Waals surface area contributed by atoms with Crippen LogP contribution in [0.2, 0.25) is 0 Å². The van der Waals surface area contributed by atoms with Crippen LogP contribution in [-0.4, -0.2) is 5.11 Å². The van der Waals surface area contributed by atoms with Crippen molar-refractivity contribution in [2.75, 3.05) is 0 Å². The van der Waals surface area contributed by atoms with Crippen LogP contribution < -0.4 is 29.6 Å². The summed E-state index contributed by atoms with van der Waals surface area (Å²) in [4.78, 5) is 0. The van der Waals surface area contributed by atoms with Crippen molar-refractivity contribution >= 4 is 0 Å². The van der Waals surface area contributed by atoms with Crippen LogP contribution in [0.25, 0.3) is 0 Å². The standard InChI is InChI=1S/C7H12O.Na/c1-6-4-2-3-5-7(6)8;/h8H,2-5H2,1H3;/q;+1. The number of hydrogen-bond donors (Lipinski definition) is 1. The molecule has 2 heteroatoms. The van der Waals surface area contributed by atoms with Gasteiger partial charge in [-0.3, -0.25) is 0 Å². The van der Waals surface area contributed by atoms with E-state index in [0.717, 1.165) is 12.8 Å². The smallest absolute Gasteiger partial charge is 0.512 e. The Bertz CT molecular complexity index is 104. The third-order valence-corrected chi connectivity index (χ3v) is 1.71. The fraction of sp³-hybridized carbons (Fsp3) is 0.714.